The average Bonchev–Trinajstić information content (AvgIpc) is 2.48. The van der Waals surface area contributed by atoms with Gasteiger partial charge in [0.15, 0.2) is 5.03 Å². The van der Waals surface area contributed by atoms with Crippen LogP contribution in [-0.4, -0.2) is 37.3 Å². The maximum absolute atomic E-state index is 12.6. The van der Waals surface area contributed by atoms with Crippen LogP contribution in [0.1, 0.15) is 38.7 Å². The van der Waals surface area contributed by atoms with E-state index in [9.17, 15) is 8.42 Å². The molecule has 2 rings (SSSR count). The topological polar surface area (TPSA) is 62.3 Å². The van der Waals surface area contributed by atoms with E-state index in [0.717, 1.165) is 37.9 Å². The molecular formula is C15H25N3O2S. The minimum absolute atomic E-state index is 0.163. The van der Waals surface area contributed by atoms with Crippen LogP contribution >= 0.6 is 0 Å². The highest BCUT2D eigenvalue weighted by Gasteiger charge is 2.29. The van der Waals surface area contributed by atoms with E-state index in [0.29, 0.717) is 19.0 Å². The van der Waals surface area contributed by atoms with Gasteiger partial charge in [-0.25, -0.2) is 13.4 Å². The van der Waals surface area contributed by atoms with Crippen molar-refractivity contribution in [3.05, 3.63) is 23.9 Å². The summed E-state index contributed by atoms with van der Waals surface area (Å²) in [6, 6.07) is 3.47. The zero-order valence-electron chi connectivity index (χ0n) is 12.9. The molecular weight excluding hydrogens is 286 g/mol. The fourth-order valence-corrected chi connectivity index (χ4v) is 4.09. The summed E-state index contributed by atoms with van der Waals surface area (Å²) in [4.78, 5) is 4.16. The van der Waals surface area contributed by atoms with Crippen molar-refractivity contribution in [3.63, 3.8) is 0 Å². The van der Waals surface area contributed by atoms with Gasteiger partial charge in [0, 0.05) is 25.8 Å². The predicted molar refractivity (Wildman–Crippen MR) is 83.4 cm³/mol. The maximum Gasteiger partial charge on any atom is 0.260 e. The Balaban J connectivity index is 2.06. The number of nitrogens with one attached hydrogen (secondary N) is 1. The van der Waals surface area contributed by atoms with Gasteiger partial charge in [0.1, 0.15) is 0 Å². The lowest BCUT2D eigenvalue weighted by Crippen LogP contribution is -2.39. The zero-order valence-corrected chi connectivity index (χ0v) is 13.7. The van der Waals surface area contributed by atoms with E-state index in [-0.39, 0.29) is 5.03 Å². The first kappa shape index (κ1) is 16.4. The predicted octanol–water partition coefficient (Wildman–Crippen LogP) is 2.00. The Labute approximate surface area is 127 Å². The summed E-state index contributed by atoms with van der Waals surface area (Å²) in [5, 5.41) is 3.44. The second-order valence-electron chi connectivity index (χ2n) is 5.79. The third kappa shape index (κ3) is 4.25. The fraction of sp³-hybridized carbons (Fsp3) is 0.667. The molecule has 1 aliphatic rings. The Hall–Kier alpha value is -0.980. The smallest absolute Gasteiger partial charge is 0.260 e. The van der Waals surface area contributed by atoms with Gasteiger partial charge in [-0.05, 0) is 43.4 Å². The van der Waals surface area contributed by atoms with E-state index in [2.05, 4.69) is 24.1 Å². The lowest BCUT2D eigenvalue weighted by atomic mass is 10.0. The van der Waals surface area contributed by atoms with Gasteiger partial charge in [0.2, 0.25) is 0 Å². The van der Waals surface area contributed by atoms with Crippen LogP contribution in [0.3, 0.4) is 0 Å². The van der Waals surface area contributed by atoms with E-state index in [1.165, 1.54) is 0 Å². The Bertz CT molecular complexity index is 543. The summed E-state index contributed by atoms with van der Waals surface area (Å²) in [6.45, 7) is 7.09. The maximum atomic E-state index is 12.6. The molecule has 1 unspecified atom stereocenters. The van der Waals surface area contributed by atoms with Gasteiger partial charge in [-0.15, -0.1) is 0 Å². The van der Waals surface area contributed by atoms with E-state index >= 15 is 0 Å². The molecule has 0 aromatic carbocycles. The first-order chi connectivity index (χ1) is 10.0. The second-order valence-corrected chi connectivity index (χ2v) is 7.68. The molecule has 1 fully saturated rings. The first-order valence-electron chi connectivity index (χ1n) is 7.70. The van der Waals surface area contributed by atoms with E-state index < -0.39 is 10.0 Å². The van der Waals surface area contributed by atoms with Crippen LogP contribution in [0.5, 0.6) is 0 Å². The van der Waals surface area contributed by atoms with Gasteiger partial charge in [-0.2, -0.15) is 4.31 Å². The molecule has 0 saturated carbocycles. The molecule has 21 heavy (non-hydrogen) atoms. The van der Waals surface area contributed by atoms with Crippen molar-refractivity contribution in [3.8, 4) is 0 Å². The molecule has 1 aliphatic heterocycles. The lowest BCUT2D eigenvalue weighted by Gasteiger charge is -2.29. The monoisotopic (exact) mass is 311 g/mol. The van der Waals surface area contributed by atoms with Crippen molar-refractivity contribution in [1.29, 1.82) is 0 Å². The van der Waals surface area contributed by atoms with Crippen molar-refractivity contribution in [2.24, 2.45) is 5.92 Å². The molecule has 0 amide bonds. The molecule has 0 bridgehead atoms. The molecule has 5 nitrogen and oxygen atoms in total. The molecule has 1 aromatic rings. The van der Waals surface area contributed by atoms with Gasteiger partial charge in [-0.1, -0.05) is 19.9 Å². The molecule has 1 aromatic heterocycles. The zero-order chi connectivity index (χ0) is 15.3. The Morgan fingerprint density at radius 2 is 2.24 bits per heavy atom. The van der Waals surface area contributed by atoms with Crippen LogP contribution in [0.4, 0.5) is 0 Å². The summed E-state index contributed by atoms with van der Waals surface area (Å²) in [6.07, 6.45) is 4.76. The van der Waals surface area contributed by atoms with Crippen LogP contribution < -0.4 is 5.32 Å². The Morgan fingerprint density at radius 1 is 1.43 bits per heavy atom. The van der Waals surface area contributed by atoms with Crippen LogP contribution in [0.25, 0.3) is 0 Å². The minimum atomic E-state index is -3.44. The first-order valence-corrected chi connectivity index (χ1v) is 9.14. The van der Waals surface area contributed by atoms with Crippen molar-refractivity contribution in [2.75, 3.05) is 19.6 Å². The van der Waals surface area contributed by atoms with Crippen molar-refractivity contribution in [2.45, 2.75) is 44.7 Å². The lowest BCUT2D eigenvalue weighted by molar-refractivity contribution is 0.280. The largest absolute Gasteiger partial charge is 0.313 e. The van der Waals surface area contributed by atoms with E-state index in [4.69, 9.17) is 0 Å². The Morgan fingerprint density at radius 3 is 2.86 bits per heavy atom. The molecule has 2 heterocycles. The standard InChI is InChI=1S/C15H25N3O2S/c1-3-8-16-10-14-6-7-15(17-11-14)21(19,20)18-9-4-5-13(2)12-18/h6-7,11,13,16H,3-5,8-10,12H2,1-2H3. The molecule has 0 aliphatic carbocycles. The molecule has 0 radical (unpaired) electrons. The molecule has 1 saturated heterocycles. The normalized spacial score (nSPS) is 20.6. The second kappa shape index (κ2) is 7.33. The number of sulfonamides is 1. The number of nitrogens with zero attached hydrogens (tertiary/aromatic N) is 2. The van der Waals surface area contributed by atoms with Gasteiger partial charge in [0.05, 0.1) is 0 Å². The fourth-order valence-electron chi connectivity index (χ4n) is 2.57. The average molecular weight is 311 g/mol. The molecule has 6 heteroatoms. The summed E-state index contributed by atoms with van der Waals surface area (Å²) in [5.74, 6) is 0.422. The number of hydrogen-bond donors (Lipinski definition) is 1. The third-order valence-electron chi connectivity index (χ3n) is 3.78. The highest BCUT2D eigenvalue weighted by atomic mass is 32.2. The third-order valence-corrected chi connectivity index (χ3v) is 5.56. The van der Waals surface area contributed by atoms with Crippen LogP contribution in [0.15, 0.2) is 23.4 Å². The highest BCUT2D eigenvalue weighted by molar-refractivity contribution is 7.89. The number of piperidine rings is 1. The van der Waals surface area contributed by atoms with Crippen LogP contribution in [-0.2, 0) is 16.6 Å². The van der Waals surface area contributed by atoms with Gasteiger partial charge >= 0.3 is 0 Å². The quantitative estimate of drug-likeness (QED) is 0.816. The molecule has 1 atom stereocenters. The number of rotatable bonds is 6. The van der Waals surface area contributed by atoms with Crippen molar-refractivity contribution < 1.29 is 8.42 Å². The SMILES string of the molecule is CCCNCc1ccc(S(=O)(=O)N2CCCC(C)C2)nc1. The number of pyridine rings is 1. The summed E-state index contributed by atoms with van der Waals surface area (Å²) < 4.78 is 26.7. The number of aromatic nitrogens is 1. The van der Waals surface area contributed by atoms with Crippen LogP contribution in [0.2, 0.25) is 0 Å². The van der Waals surface area contributed by atoms with Gasteiger partial charge < -0.3 is 5.32 Å². The van der Waals surface area contributed by atoms with Crippen LogP contribution in [0, 0.1) is 5.92 Å². The molecule has 0 spiro atoms. The summed E-state index contributed by atoms with van der Waals surface area (Å²) in [5.41, 5.74) is 1.01. The van der Waals surface area contributed by atoms with Crippen molar-refractivity contribution in [1.82, 2.24) is 14.6 Å². The summed E-state index contributed by atoms with van der Waals surface area (Å²) >= 11 is 0. The van der Waals surface area contributed by atoms with Gasteiger partial charge in [0.25, 0.3) is 10.0 Å². The van der Waals surface area contributed by atoms with E-state index in [1.807, 2.05) is 6.07 Å². The van der Waals surface area contributed by atoms with Crippen molar-refractivity contribution >= 4 is 10.0 Å². The summed E-state index contributed by atoms with van der Waals surface area (Å²) in [7, 11) is -3.44. The minimum Gasteiger partial charge on any atom is -0.313 e. The number of hydrogen-bond acceptors (Lipinski definition) is 4. The Kier molecular flexibility index (Phi) is 5.72. The van der Waals surface area contributed by atoms with E-state index in [1.54, 1.807) is 16.6 Å². The molecule has 118 valence electrons. The van der Waals surface area contributed by atoms with Gasteiger partial charge in [-0.3, -0.25) is 0 Å². The molecule has 1 N–H and O–H groups in total. The highest BCUT2D eigenvalue weighted by Crippen LogP contribution is 2.22.